The van der Waals surface area contributed by atoms with E-state index >= 15 is 0 Å². The fourth-order valence-corrected chi connectivity index (χ4v) is 4.85. The lowest BCUT2D eigenvalue weighted by Crippen LogP contribution is -2.24. The minimum absolute atomic E-state index is 0.0376. The van der Waals surface area contributed by atoms with Crippen LogP contribution in [0.1, 0.15) is 20.9 Å². The van der Waals surface area contributed by atoms with Crippen molar-refractivity contribution in [2.75, 3.05) is 4.72 Å². The third kappa shape index (κ3) is 3.97. The van der Waals surface area contributed by atoms with Gasteiger partial charge in [-0.3, -0.25) is 4.79 Å². The third-order valence-corrected chi connectivity index (χ3v) is 6.79. The SMILES string of the molecule is Cc1noc(NS(=O)(=O)c2ccsc2C(=O)NCc2ccccc2)c1Br. The van der Waals surface area contributed by atoms with E-state index in [1.807, 2.05) is 30.3 Å². The topological polar surface area (TPSA) is 101 Å². The minimum atomic E-state index is -4.00. The van der Waals surface area contributed by atoms with Crippen molar-refractivity contribution in [1.82, 2.24) is 10.5 Å². The first-order chi connectivity index (χ1) is 12.4. The summed E-state index contributed by atoms with van der Waals surface area (Å²) in [6.45, 7) is 1.97. The number of amides is 1. The van der Waals surface area contributed by atoms with Crippen molar-refractivity contribution in [2.24, 2.45) is 0 Å². The van der Waals surface area contributed by atoms with Crippen LogP contribution in [0.4, 0.5) is 5.88 Å². The lowest BCUT2D eigenvalue weighted by atomic mass is 10.2. The lowest BCUT2D eigenvalue weighted by molar-refractivity contribution is 0.0952. The van der Waals surface area contributed by atoms with Crippen LogP contribution < -0.4 is 10.0 Å². The lowest BCUT2D eigenvalue weighted by Gasteiger charge is -2.08. The zero-order valence-corrected chi connectivity index (χ0v) is 16.7. The first-order valence-electron chi connectivity index (χ1n) is 7.42. The highest BCUT2D eigenvalue weighted by Gasteiger charge is 2.26. The average Bonchev–Trinajstić information content (AvgIpc) is 3.24. The first kappa shape index (κ1) is 18.6. The van der Waals surface area contributed by atoms with Gasteiger partial charge in [0.25, 0.3) is 21.8 Å². The number of nitrogens with zero attached hydrogens (tertiary/aromatic N) is 1. The normalized spacial score (nSPS) is 11.3. The molecule has 0 spiro atoms. The van der Waals surface area contributed by atoms with E-state index in [4.69, 9.17) is 4.52 Å². The molecular formula is C16H14BrN3O4S2. The Morgan fingerprint density at radius 2 is 2.00 bits per heavy atom. The quantitative estimate of drug-likeness (QED) is 0.591. The van der Waals surface area contributed by atoms with E-state index in [0.717, 1.165) is 16.9 Å². The van der Waals surface area contributed by atoms with Crippen molar-refractivity contribution in [2.45, 2.75) is 18.4 Å². The van der Waals surface area contributed by atoms with E-state index in [0.29, 0.717) is 16.7 Å². The number of benzene rings is 1. The number of aryl methyl sites for hydroxylation is 1. The highest BCUT2D eigenvalue weighted by molar-refractivity contribution is 9.10. The van der Waals surface area contributed by atoms with Gasteiger partial charge in [-0.25, -0.2) is 13.1 Å². The van der Waals surface area contributed by atoms with Gasteiger partial charge in [0, 0.05) is 6.54 Å². The van der Waals surface area contributed by atoms with Gasteiger partial charge in [0.15, 0.2) is 0 Å². The number of thiophene rings is 1. The Hall–Kier alpha value is -2.17. The van der Waals surface area contributed by atoms with Crippen molar-refractivity contribution in [3.05, 3.63) is 62.4 Å². The number of halogens is 1. The number of carbonyl (C=O) groups excluding carboxylic acids is 1. The highest BCUT2D eigenvalue weighted by atomic mass is 79.9. The maximum absolute atomic E-state index is 12.6. The molecule has 2 heterocycles. The number of sulfonamides is 1. The molecule has 3 rings (SSSR count). The van der Waals surface area contributed by atoms with E-state index in [9.17, 15) is 13.2 Å². The zero-order chi connectivity index (χ0) is 18.7. The van der Waals surface area contributed by atoms with Crippen LogP contribution >= 0.6 is 27.3 Å². The van der Waals surface area contributed by atoms with Crippen molar-refractivity contribution in [1.29, 1.82) is 0 Å². The zero-order valence-electron chi connectivity index (χ0n) is 13.5. The second kappa shape index (κ2) is 7.60. The van der Waals surface area contributed by atoms with Gasteiger partial charge in [-0.2, -0.15) is 0 Å². The van der Waals surface area contributed by atoms with Crippen LogP contribution in [-0.4, -0.2) is 19.5 Å². The van der Waals surface area contributed by atoms with E-state index in [2.05, 4.69) is 31.1 Å². The summed E-state index contributed by atoms with van der Waals surface area (Å²) in [6.07, 6.45) is 0. The van der Waals surface area contributed by atoms with E-state index < -0.39 is 15.9 Å². The monoisotopic (exact) mass is 455 g/mol. The number of rotatable bonds is 6. The molecule has 2 aromatic heterocycles. The number of aromatic nitrogens is 1. The average molecular weight is 456 g/mol. The summed E-state index contributed by atoms with van der Waals surface area (Å²) >= 11 is 4.25. The molecular weight excluding hydrogens is 442 g/mol. The number of anilines is 1. The van der Waals surface area contributed by atoms with Gasteiger partial charge in [-0.15, -0.1) is 11.3 Å². The van der Waals surface area contributed by atoms with Crippen molar-refractivity contribution in [3.8, 4) is 0 Å². The van der Waals surface area contributed by atoms with Gasteiger partial charge in [-0.05, 0) is 39.9 Å². The Balaban J connectivity index is 1.78. The molecule has 3 aromatic rings. The molecule has 0 saturated heterocycles. The Kier molecular flexibility index (Phi) is 5.44. The fourth-order valence-electron chi connectivity index (χ4n) is 2.13. The van der Waals surface area contributed by atoms with E-state index in [1.54, 1.807) is 12.3 Å². The smallest absolute Gasteiger partial charge is 0.265 e. The summed E-state index contributed by atoms with van der Waals surface area (Å²) < 4.78 is 32.9. The molecule has 7 nitrogen and oxygen atoms in total. The van der Waals surface area contributed by atoms with Crippen LogP contribution in [-0.2, 0) is 16.6 Å². The fraction of sp³-hybridized carbons (Fsp3) is 0.125. The molecule has 0 radical (unpaired) electrons. The Morgan fingerprint density at radius 3 is 2.65 bits per heavy atom. The molecule has 2 N–H and O–H groups in total. The van der Waals surface area contributed by atoms with Crippen molar-refractivity contribution >= 4 is 49.1 Å². The molecule has 0 bridgehead atoms. The van der Waals surface area contributed by atoms with E-state index in [-0.39, 0.29) is 15.7 Å². The molecule has 0 aliphatic rings. The molecule has 1 aromatic carbocycles. The van der Waals surface area contributed by atoms with Gasteiger partial charge in [0.05, 0.1) is 5.69 Å². The van der Waals surface area contributed by atoms with Gasteiger partial charge in [0.1, 0.15) is 14.2 Å². The van der Waals surface area contributed by atoms with Crippen molar-refractivity contribution in [3.63, 3.8) is 0 Å². The molecule has 136 valence electrons. The van der Waals surface area contributed by atoms with Gasteiger partial charge in [0.2, 0.25) is 0 Å². The summed E-state index contributed by atoms with van der Waals surface area (Å²) in [5, 5.41) is 7.95. The summed E-state index contributed by atoms with van der Waals surface area (Å²) in [5.74, 6) is -0.499. The highest BCUT2D eigenvalue weighted by Crippen LogP contribution is 2.30. The first-order valence-corrected chi connectivity index (χ1v) is 10.6. The maximum Gasteiger partial charge on any atom is 0.265 e. The molecule has 0 unspecified atom stereocenters. The molecule has 0 saturated carbocycles. The van der Waals surface area contributed by atoms with Crippen LogP contribution in [0.25, 0.3) is 0 Å². The van der Waals surface area contributed by atoms with Gasteiger partial charge in [-0.1, -0.05) is 35.5 Å². The Bertz CT molecular complexity index is 1030. The summed E-state index contributed by atoms with van der Waals surface area (Å²) in [5.41, 5.74) is 1.43. The van der Waals surface area contributed by atoms with Crippen LogP contribution in [0.2, 0.25) is 0 Å². The summed E-state index contributed by atoms with van der Waals surface area (Å²) in [7, 11) is -4.00. The number of carbonyl (C=O) groups is 1. The standard InChI is InChI=1S/C16H14BrN3O4S2/c1-10-13(17)16(24-19-10)20-26(22,23)12-7-8-25-14(12)15(21)18-9-11-5-3-2-4-6-11/h2-8,20H,9H2,1H3,(H,18,21). The number of hydrogen-bond acceptors (Lipinski definition) is 6. The Labute approximate surface area is 162 Å². The molecule has 10 heteroatoms. The molecule has 0 aliphatic heterocycles. The predicted octanol–water partition coefficient (Wildman–Crippen LogP) is 3.54. The molecule has 0 fully saturated rings. The second-order valence-electron chi connectivity index (χ2n) is 5.30. The third-order valence-electron chi connectivity index (χ3n) is 3.44. The van der Waals surface area contributed by atoms with Crippen molar-refractivity contribution < 1.29 is 17.7 Å². The van der Waals surface area contributed by atoms with Crippen LogP contribution in [0.5, 0.6) is 0 Å². The van der Waals surface area contributed by atoms with E-state index in [1.165, 1.54) is 6.07 Å². The molecule has 0 aliphatic carbocycles. The van der Waals surface area contributed by atoms with Crippen LogP contribution in [0, 0.1) is 6.92 Å². The maximum atomic E-state index is 12.6. The largest absolute Gasteiger partial charge is 0.347 e. The minimum Gasteiger partial charge on any atom is -0.347 e. The van der Waals surface area contributed by atoms with Crippen LogP contribution in [0.3, 0.4) is 0 Å². The summed E-state index contributed by atoms with van der Waals surface area (Å²) in [6, 6.07) is 10.7. The molecule has 26 heavy (non-hydrogen) atoms. The van der Waals surface area contributed by atoms with Crippen LogP contribution in [0.15, 0.2) is 55.7 Å². The number of nitrogens with one attached hydrogen (secondary N) is 2. The van der Waals surface area contributed by atoms with Gasteiger partial charge >= 0.3 is 0 Å². The number of hydrogen-bond donors (Lipinski definition) is 2. The predicted molar refractivity (Wildman–Crippen MR) is 102 cm³/mol. The second-order valence-corrected chi connectivity index (χ2v) is 8.66. The Morgan fingerprint density at radius 1 is 1.27 bits per heavy atom. The molecule has 0 atom stereocenters. The van der Waals surface area contributed by atoms with Gasteiger partial charge < -0.3 is 9.84 Å². The summed E-state index contributed by atoms with van der Waals surface area (Å²) in [4.78, 5) is 12.4. The molecule has 1 amide bonds.